The van der Waals surface area contributed by atoms with Gasteiger partial charge in [0.05, 0.1) is 0 Å². The third-order valence-corrected chi connectivity index (χ3v) is 2.60. The summed E-state index contributed by atoms with van der Waals surface area (Å²) in [6.45, 7) is 4.39. The molecule has 0 saturated carbocycles. The van der Waals surface area contributed by atoms with Gasteiger partial charge in [-0.1, -0.05) is 0 Å². The molecule has 2 N–H and O–H groups in total. The van der Waals surface area contributed by atoms with Crippen molar-refractivity contribution in [2.45, 2.75) is 0 Å². The van der Waals surface area contributed by atoms with Crippen LogP contribution in [-0.2, 0) is 0 Å². The van der Waals surface area contributed by atoms with E-state index in [9.17, 15) is 4.79 Å². The van der Waals surface area contributed by atoms with Crippen LogP contribution in [-0.4, -0.2) is 55.7 Å². The van der Waals surface area contributed by atoms with Gasteiger partial charge in [-0.15, -0.1) is 0 Å². The molecule has 1 rings (SSSR count). The minimum atomic E-state index is 0.0756. The highest BCUT2D eigenvalue weighted by Crippen LogP contribution is 1.94. The van der Waals surface area contributed by atoms with Gasteiger partial charge >= 0.3 is 6.03 Å². The summed E-state index contributed by atoms with van der Waals surface area (Å²) in [6.07, 6.45) is 2.09. The minimum Gasteiger partial charge on any atom is -0.336 e. The van der Waals surface area contributed by atoms with Crippen LogP contribution >= 0.6 is 11.8 Å². The van der Waals surface area contributed by atoms with Gasteiger partial charge in [0.1, 0.15) is 0 Å². The normalized spacial score (nSPS) is 16.4. The van der Waals surface area contributed by atoms with Crippen molar-refractivity contribution in [2.24, 2.45) is 0 Å². The zero-order chi connectivity index (χ0) is 9.52. The largest absolute Gasteiger partial charge is 0.336 e. The van der Waals surface area contributed by atoms with Gasteiger partial charge in [-0.3, -0.25) is 0 Å². The molecule has 2 amide bonds. The molecule has 0 aromatic carbocycles. The Labute approximate surface area is 83.4 Å². The van der Waals surface area contributed by atoms with Crippen LogP contribution in [0.3, 0.4) is 0 Å². The van der Waals surface area contributed by atoms with Gasteiger partial charge in [0, 0.05) is 38.5 Å². The molecule has 0 unspecified atom stereocenters. The minimum absolute atomic E-state index is 0.0756. The molecule has 1 saturated heterocycles. The lowest BCUT2D eigenvalue weighted by Gasteiger charge is -2.13. The number of rotatable bonds is 6. The standard InChI is InChI=1S/C8H17N3OS/c1-13-7-4-9-2-5-11-6-3-10-8(11)12/h9H,2-7H2,1H3,(H,10,12). The highest BCUT2D eigenvalue weighted by atomic mass is 32.2. The Morgan fingerprint density at radius 1 is 1.62 bits per heavy atom. The van der Waals surface area contributed by atoms with E-state index in [1.54, 1.807) is 0 Å². The summed E-state index contributed by atoms with van der Waals surface area (Å²) < 4.78 is 0. The average Bonchev–Trinajstić information content (AvgIpc) is 2.52. The Bertz CT molecular complexity index is 165. The second-order valence-electron chi connectivity index (χ2n) is 2.96. The molecule has 1 aliphatic rings. The maximum absolute atomic E-state index is 11.1. The maximum Gasteiger partial charge on any atom is 0.317 e. The van der Waals surface area contributed by atoms with Gasteiger partial charge in [0.15, 0.2) is 0 Å². The van der Waals surface area contributed by atoms with Crippen molar-refractivity contribution in [3.63, 3.8) is 0 Å². The topological polar surface area (TPSA) is 44.4 Å². The smallest absolute Gasteiger partial charge is 0.317 e. The molecule has 0 radical (unpaired) electrons. The molecule has 1 aliphatic heterocycles. The lowest BCUT2D eigenvalue weighted by atomic mass is 10.5. The third kappa shape index (κ3) is 3.87. The number of amides is 2. The van der Waals surface area contributed by atoms with Gasteiger partial charge in [0.25, 0.3) is 0 Å². The van der Waals surface area contributed by atoms with Crippen molar-refractivity contribution in [1.82, 2.24) is 15.5 Å². The number of thioether (sulfide) groups is 1. The molecule has 0 aromatic heterocycles. The lowest BCUT2D eigenvalue weighted by molar-refractivity contribution is 0.217. The molecular formula is C8H17N3OS. The van der Waals surface area contributed by atoms with Crippen molar-refractivity contribution in [3.05, 3.63) is 0 Å². The van der Waals surface area contributed by atoms with Crippen molar-refractivity contribution in [3.8, 4) is 0 Å². The fourth-order valence-corrected chi connectivity index (χ4v) is 1.59. The van der Waals surface area contributed by atoms with Crippen molar-refractivity contribution < 1.29 is 4.79 Å². The highest BCUT2D eigenvalue weighted by molar-refractivity contribution is 7.98. The first kappa shape index (κ1) is 10.7. The molecule has 0 aromatic rings. The molecule has 0 aliphatic carbocycles. The molecule has 76 valence electrons. The average molecular weight is 203 g/mol. The summed E-state index contributed by atoms with van der Waals surface area (Å²) in [5, 5.41) is 6.07. The van der Waals surface area contributed by atoms with E-state index in [-0.39, 0.29) is 6.03 Å². The third-order valence-electron chi connectivity index (χ3n) is 1.99. The maximum atomic E-state index is 11.1. The van der Waals surface area contributed by atoms with Crippen LogP contribution in [0.2, 0.25) is 0 Å². The Morgan fingerprint density at radius 2 is 2.46 bits per heavy atom. The first-order valence-electron chi connectivity index (χ1n) is 4.57. The fraction of sp³-hybridized carbons (Fsp3) is 0.875. The van der Waals surface area contributed by atoms with Gasteiger partial charge in [-0.25, -0.2) is 4.79 Å². The second-order valence-corrected chi connectivity index (χ2v) is 3.95. The lowest BCUT2D eigenvalue weighted by Crippen LogP contribution is -2.35. The van der Waals surface area contributed by atoms with E-state index in [2.05, 4.69) is 16.9 Å². The molecule has 0 atom stereocenters. The number of urea groups is 1. The van der Waals surface area contributed by atoms with Crippen LogP contribution in [0.25, 0.3) is 0 Å². The van der Waals surface area contributed by atoms with E-state index in [0.29, 0.717) is 0 Å². The molecule has 1 fully saturated rings. The number of nitrogens with zero attached hydrogens (tertiary/aromatic N) is 1. The molecule has 13 heavy (non-hydrogen) atoms. The van der Waals surface area contributed by atoms with Crippen molar-refractivity contribution >= 4 is 17.8 Å². The predicted octanol–water partition coefficient (Wildman–Crippen LogP) is -0.0358. The number of hydrogen-bond acceptors (Lipinski definition) is 3. The Kier molecular flexibility index (Phi) is 5.00. The summed E-state index contributed by atoms with van der Waals surface area (Å²) in [4.78, 5) is 12.9. The van der Waals surface area contributed by atoms with Crippen LogP contribution in [0.5, 0.6) is 0 Å². The van der Waals surface area contributed by atoms with Gasteiger partial charge in [-0.05, 0) is 6.26 Å². The summed E-state index contributed by atoms with van der Waals surface area (Å²) in [5.41, 5.74) is 0. The zero-order valence-electron chi connectivity index (χ0n) is 8.01. The van der Waals surface area contributed by atoms with Crippen LogP contribution in [0.15, 0.2) is 0 Å². The summed E-state index contributed by atoms with van der Waals surface area (Å²) in [7, 11) is 0. The van der Waals surface area contributed by atoms with E-state index in [1.165, 1.54) is 0 Å². The van der Waals surface area contributed by atoms with Crippen LogP contribution < -0.4 is 10.6 Å². The zero-order valence-corrected chi connectivity index (χ0v) is 8.82. The molecule has 4 nitrogen and oxygen atoms in total. The van der Waals surface area contributed by atoms with E-state index < -0.39 is 0 Å². The first-order chi connectivity index (χ1) is 6.34. The fourth-order valence-electron chi connectivity index (χ4n) is 1.24. The summed E-state index contributed by atoms with van der Waals surface area (Å²) in [6, 6.07) is 0.0756. The van der Waals surface area contributed by atoms with Gasteiger partial charge in [-0.2, -0.15) is 11.8 Å². The van der Waals surface area contributed by atoms with Gasteiger partial charge in [0.2, 0.25) is 0 Å². The van der Waals surface area contributed by atoms with Crippen molar-refractivity contribution in [2.75, 3.05) is 44.7 Å². The SMILES string of the molecule is CSCCNCCN1CCNC1=O. The molecule has 0 spiro atoms. The number of hydrogen-bond donors (Lipinski definition) is 2. The number of carbonyl (C=O) groups excluding carboxylic acids is 1. The molecular weight excluding hydrogens is 186 g/mol. The van der Waals surface area contributed by atoms with Crippen LogP contribution in [0.1, 0.15) is 0 Å². The van der Waals surface area contributed by atoms with E-state index >= 15 is 0 Å². The summed E-state index contributed by atoms with van der Waals surface area (Å²) in [5.74, 6) is 1.13. The quantitative estimate of drug-likeness (QED) is 0.596. The summed E-state index contributed by atoms with van der Waals surface area (Å²) >= 11 is 1.83. The van der Waals surface area contributed by atoms with E-state index in [4.69, 9.17) is 0 Å². The highest BCUT2D eigenvalue weighted by Gasteiger charge is 2.17. The number of nitrogens with one attached hydrogen (secondary N) is 2. The van der Waals surface area contributed by atoms with Crippen LogP contribution in [0, 0.1) is 0 Å². The first-order valence-corrected chi connectivity index (χ1v) is 5.96. The Balaban J connectivity index is 1.96. The molecule has 5 heteroatoms. The monoisotopic (exact) mass is 203 g/mol. The molecule has 0 bridgehead atoms. The predicted molar refractivity (Wildman–Crippen MR) is 56.2 cm³/mol. The molecule has 1 heterocycles. The van der Waals surface area contributed by atoms with E-state index in [0.717, 1.165) is 38.5 Å². The van der Waals surface area contributed by atoms with Crippen LogP contribution in [0.4, 0.5) is 4.79 Å². The number of carbonyl (C=O) groups is 1. The van der Waals surface area contributed by atoms with Crippen molar-refractivity contribution in [1.29, 1.82) is 0 Å². The Hall–Kier alpha value is -0.420. The Morgan fingerprint density at radius 3 is 3.08 bits per heavy atom. The van der Waals surface area contributed by atoms with Gasteiger partial charge < -0.3 is 15.5 Å². The second kappa shape index (κ2) is 6.10. The van der Waals surface area contributed by atoms with E-state index in [1.807, 2.05) is 16.7 Å².